The van der Waals surface area contributed by atoms with Gasteiger partial charge in [0.2, 0.25) is 17.5 Å². The van der Waals surface area contributed by atoms with E-state index in [1.807, 2.05) is 63.3 Å². The number of hydrogen-bond donors (Lipinski definition) is 4. The van der Waals surface area contributed by atoms with Gasteiger partial charge in [0, 0.05) is 79.8 Å². The number of nitrogens with zero attached hydrogens (tertiary/aromatic N) is 3. The number of carbonyl (C=O) groups excluding carboxylic acids is 5. The summed E-state index contributed by atoms with van der Waals surface area (Å²) in [5.41, 5.74) is 3.82. The topological polar surface area (TPSA) is 237 Å². The Morgan fingerprint density at radius 1 is 0.800 bits per heavy atom. The molecule has 19 heteroatoms. The minimum absolute atomic E-state index is 0.0221. The van der Waals surface area contributed by atoms with Crippen molar-refractivity contribution < 1.29 is 59.3 Å². The maximum absolute atomic E-state index is 14.8. The second kappa shape index (κ2) is 21.7. The highest BCUT2D eigenvalue weighted by molar-refractivity contribution is 7.86. The van der Waals surface area contributed by atoms with Crippen LogP contribution in [0, 0.1) is 5.41 Å². The molecule has 3 heterocycles. The molecule has 1 atom stereocenters. The molecule has 4 N–H and O–H groups in total. The highest BCUT2D eigenvalue weighted by atomic mass is 32.2. The molecule has 0 saturated carbocycles. The van der Waals surface area contributed by atoms with Gasteiger partial charge in [-0.1, -0.05) is 77.0 Å². The highest BCUT2D eigenvalue weighted by Gasteiger charge is 2.49. The summed E-state index contributed by atoms with van der Waals surface area (Å²) in [6.45, 7) is 13.4. The monoisotopic (exact) mass is 1000 g/mol. The molecule has 3 aliphatic heterocycles. The normalized spacial score (nSPS) is 20.9. The van der Waals surface area contributed by atoms with Gasteiger partial charge < -0.3 is 20.4 Å². The fraction of sp³-hybridized carbons (Fsp3) is 0.490. The molecule has 6 rings (SSSR count). The molecule has 1 saturated heterocycles. The van der Waals surface area contributed by atoms with E-state index in [1.54, 1.807) is 6.07 Å². The van der Waals surface area contributed by atoms with Gasteiger partial charge in [-0.05, 0) is 86.9 Å². The lowest BCUT2D eigenvalue weighted by molar-refractivity contribution is -0.438. The first-order chi connectivity index (χ1) is 32.9. The molecule has 17 nitrogen and oxygen atoms in total. The average Bonchev–Trinajstić information content (AvgIpc) is 3.81. The van der Waals surface area contributed by atoms with Gasteiger partial charge in [0.1, 0.15) is 12.0 Å². The van der Waals surface area contributed by atoms with Gasteiger partial charge in [0.15, 0.2) is 5.71 Å². The summed E-state index contributed by atoms with van der Waals surface area (Å²) in [5.74, 6) is -4.04. The van der Waals surface area contributed by atoms with Crippen LogP contribution in [0.3, 0.4) is 0 Å². The first kappa shape index (κ1) is 53.6. The molecule has 1 unspecified atom stereocenters. The standard InChI is InChI=1S/C51H65N5O12S2/c1-7-9-29-55-40-16-13-12-15-38(40)49(3,4)42(55)22-18-35-31-36(19-23-43-50(5,6)39-32-37(70(65,66)67)20-21-41(39)54(43)28-8-2)34-51(33-35,48(61)53-27-30-69(62,63)64)47(60)52-26-14-10-11-17-46(59)68-56-44(57)24-25-45(56)58/h12-13,15-16,18-23,31-32H,7-11,14,17,24-30,33-34H2,1-6H3,(H3-,52,53,60,61,62,63,64,65,66,67)/p+1. The van der Waals surface area contributed by atoms with E-state index >= 15 is 0 Å². The van der Waals surface area contributed by atoms with Crippen molar-refractivity contribution in [3.63, 3.8) is 0 Å². The Labute approximate surface area is 411 Å². The third-order valence-electron chi connectivity index (χ3n) is 13.5. The minimum Gasteiger partial charge on any atom is -0.355 e. The summed E-state index contributed by atoms with van der Waals surface area (Å²) in [6, 6.07) is 12.8. The minimum atomic E-state index is -4.50. The Morgan fingerprint density at radius 2 is 1.49 bits per heavy atom. The van der Waals surface area contributed by atoms with Crippen molar-refractivity contribution in [2.75, 3.05) is 36.8 Å². The average molecular weight is 1010 g/mol. The van der Waals surface area contributed by atoms with Gasteiger partial charge in [-0.15, -0.1) is 5.06 Å². The number of unbranched alkanes of at least 4 members (excludes halogenated alkanes) is 3. The number of anilines is 1. The number of amides is 4. The maximum atomic E-state index is 14.8. The Hall–Kier alpha value is -5.76. The molecule has 0 spiro atoms. The molecule has 4 amide bonds. The quantitative estimate of drug-likeness (QED) is 0.0336. The molecular weight excluding hydrogens is 939 g/mol. The molecule has 0 bridgehead atoms. The Bertz CT molecular complexity index is 2790. The Morgan fingerprint density at radius 3 is 2.14 bits per heavy atom. The number of fused-ring (bicyclic) bond motifs is 2. The van der Waals surface area contributed by atoms with Crippen LogP contribution < -0.4 is 15.5 Å². The van der Waals surface area contributed by atoms with E-state index in [0.717, 1.165) is 54.2 Å². The zero-order valence-electron chi connectivity index (χ0n) is 40.9. The zero-order chi connectivity index (χ0) is 51.2. The van der Waals surface area contributed by atoms with E-state index in [4.69, 9.17) is 4.84 Å². The van der Waals surface area contributed by atoms with Crippen molar-refractivity contribution in [1.82, 2.24) is 15.7 Å². The molecule has 0 radical (unpaired) electrons. The molecule has 70 heavy (non-hydrogen) atoms. The molecule has 0 aromatic heterocycles. The zero-order valence-corrected chi connectivity index (χ0v) is 42.5. The van der Waals surface area contributed by atoms with Gasteiger partial charge >= 0.3 is 5.97 Å². The molecule has 2 aromatic rings. The first-order valence-electron chi connectivity index (χ1n) is 24.0. The maximum Gasteiger partial charge on any atom is 0.333 e. The number of rotatable bonds is 21. The van der Waals surface area contributed by atoms with E-state index in [-0.39, 0.29) is 43.5 Å². The van der Waals surface area contributed by atoms with Crippen molar-refractivity contribution in [1.29, 1.82) is 0 Å². The van der Waals surface area contributed by atoms with Gasteiger partial charge in [0.25, 0.3) is 32.1 Å². The lowest BCUT2D eigenvalue weighted by atomic mass is 9.70. The number of para-hydroxylation sites is 1. The molecule has 1 fully saturated rings. The van der Waals surface area contributed by atoms with Crippen molar-refractivity contribution in [3.05, 3.63) is 101 Å². The number of nitrogens with one attached hydrogen (secondary N) is 2. The molecule has 378 valence electrons. The van der Waals surface area contributed by atoms with Gasteiger partial charge in [-0.2, -0.15) is 21.4 Å². The van der Waals surface area contributed by atoms with Crippen molar-refractivity contribution in [3.8, 4) is 0 Å². The van der Waals surface area contributed by atoms with Crippen LogP contribution in [-0.4, -0.2) is 103 Å². The number of allylic oxidation sites excluding steroid dienone is 8. The highest BCUT2D eigenvalue weighted by Crippen LogP contribution is 2.49. The third-order valence-corrected chi connectivity index (χ3v) is 15.1. The second-order valence-electron chi connectivity index (χ2n) is 19.4. The second-order valence-corrected chi connectivity index (χ2v) is 22.4. The van der Waals surface area contributed by atoms with E-state index in [9.17, 15) is 49.9 Å². The van der Waals surface area contributed by atoms with Crippen LogP contribution in [0.2, 0.25) is 0 Å². The number of imide groups is 1. The predicted octanol–water partition coefficient (Wildman–Crippen LogP) is 6.68. The van der Waals surface area contributed by atoms with Crippen LogP contribution in [0.4, 0.5) is 11.4 Å². The number of hydrogen-bond acceptors (Lipinski definition) is 11. The number of carbonyl (C=O) groups is 5. The van der Waals surface area contributed by atoms with E-state index in [0.29, 0.717) is 47.6 Å². The van der Waals surface area contributed by atoms with E-state index < -0.39 is 78.4 Å². The summed E-state index contributed by atoms with van der Waals surface area (Å²) in [4.78, 5) is 72.4. The largest absolute Gasteiger partial charge is 0.355 e. The summed E-state index contributed by atoms with van der Waals surface area (Å²) in [5, 5.41) is 6.05. The lowest BCUT2D eigenvalue weighted by Crippen LogP contribution is -2.53. The molecule has 4 aliphatic rings. The first-order valence-corrected chi connectivity index (χ1v) is 27.0. The van der Waals surface area contributed by atoms with Crippen LogP contribution in [0.25, 0.3) is 0 Å². The van der Waals surface area contributed by atoms with Gasteiger partial charge in [0.05, 0.1) is 16.1 Å². The summed E-state index contributed by atoms with van der Waals surface area (Å²) in [6.07, 6.45) is 13.2. The molecule has 2 aromatic carbocycles. The Kier molecular flexibility index (Phi) is 16.6. The number of benzene rings is 2. The van der Waals surface area contributed by atoms with Gasteiger partial charge in [-0.25, -0.2) is 4.79 Å². The fourth-order valence-corrected chi connectivity index (χ4v) is 10.7. The lowest BCUT2D eigenvalue weighted by Gasteiger charge is -2.35. The van der Waals surface area contributed by atoms with Crippen molar-refractivity contribution in [2.45, 2.75) is 128 Å². The van der Waals surface area contributed by atoms with Crippen molar-refractivity contribution >= 4 is 66.9 Å². The van der Waals surface area contributed by atoms with Crippen molar-refractivity contribution in [2.24, 2.45) is 5.41 Å². The van der Waals surface area contributed by atoms with E-state index in [2.05, 4.69) is 53.0 Å². The van der Waals surface area contributed by atoms with Crippen LogP contribution in [0.1, 0.15) is 123 Å². The Balaban J connectivity index is 1.37. The summed E-state index contributed by atoms with van der Waals surface area (Å²) >= 11 is 0. The van der Waals surface area contributed by atoms with Crippen LogP contribution in [0.15, 0.2) is 94.6 Å². The number of hydroxylamine groups is 2. The van der Waals surface area contributed by atoms with Crippen LogP contribution >= 0.6 is 0 Å². The van der Waals surface area contributed by atoms with E-state index in [1.165, 1.54) is 12.1 Å². The van der Waals surface area contributed by atoms with Crippen LogP contribution in [0.5, 0.6) is 0 Å². The third kappa shape index (κ3) is 11.9. The smallest absolute Gasteiger partial charge is 0.333 e. The molecular formula is C51H66N5O12S2+. The fourth-order valence-electron chi connectivity index (χ4n) is 9.80. The molecule has 1 aliphatic carbocycles. The predicted molar refractivity (Wildman–Crippen MR) is 264 cm³/mol. The SMILES string of the molecule is CCCC[N+]1=C(/C=C/C2=CC(=C/C=C3/N(CCC)c4ccc(S(=O)(=O)O)cc4C3(C)C)/CC(C(=O)NCCCCCC(=O)ON3C(=O)CCC3=O)(C(=O)NCCS(=O)(=O)O)C2)C(C)(C)c2ccccc21. The summed E-state index contributed by atoms with van der Waals surface area (Å²) < 4.78 is 69.9. The van der Waals surface area contributed by atoms with Crippen LogP contribution in [-0.2, 0) is 59.9 Å². The van der Waals surface area contributed by atoms with Gasteiger partial charge in [-0.3, -0.25) is 28.3 Å². The summed E-state index contributed by atoms with van der Waals surface area (Å²) in [7, 11) is -8.98.